The van der Waals surface area contributed by atoms with Gasteiger partial charge in [-0.05, 0) is 45.0 Å². The van der Waals surface area contributed by atoms with Crippen molar-refractivity contribution in [2.24, 2.45) is 0 Å². The highest BCUT2D eigenvalue weighted by atomic mass is 19.1. The summed E-state index contributed by atoms with van der Waals surface area (Å²) < 4.78 is 18.9. The number of rotatable bonds is 3. The summed E-state index contributed by atoms with van der Waals surface area (Å²) in [4.78, 5) is 28.9. The molecule has 126 valence electrons. The van der Waals surface area contributed by atoms with Crippen molar-refractivity contribution >= 4 is 23.4 Å². The number of aromatic carboxylic acids is 1. The molecule has 0 unspecified atom stereocenters. The summed E-state index contributed by atoms with van der Waals surface area (Å²) in [7, 11) is 0. The molecule has 1 aromatic carbocycles. The number of anilines is 2. The van der Waals surface area contributed by atoms with Crippen LogP contribution >= 0.6 is 0 Å². The maximum Gasteiger partial charge on any atom is 0.419 e. The molecule has 1 N–H and O–H groups in total. The first-order chi connectivity index (χ1) is 11.2. The van der Waals surface area contributed by atoms with E-state index in [9.17, 15) is 19.1 Å². The van der Waals surface area contributed by atoms with Gasteiger partial charge in [-0.2, -0.15) is 0 Å². The number of carbonyl (C=O) groups excluding carboxylic acids is 1. The van der Waals surface area contributed by atoms with Crippen LogP contribution in [0.15, 0.2) is 42.7 Å². The number of carboxylic acids is 1. The zero-order valence-corrected chi connectivity index (χ0v) is 13.5. The molecule has 0 saturated heterocycles. The fourth-order valence-electron chi connectivity index (χ4n) is 2.01. The van der Waals surface area contributed by atoms with Gasteiger partial charge in [0.05, 0.1) is 23.1 Å². The lowest BCUT2D eigenvalue weighted by Crippen LogP contribution is -2.34. The molecule has 7 heteroatoms. The molecule has 0 atom stereocenters. The Labute approximate surface area is 138 Å². The summed E-state index contributed by atoms with van der Waals surface area (Å²) in [5.41, 5.74) is -0.835. The minimum Gasteiger partial charge on any atom is -0.478 e. The first-order valence-electron chi connectivity index (χ1n) is 7.15. The van der Waals surface area contributed by atoms with Crippen LogP contribution in [-0.2, 0) is 4.74 Å². The van der Waals surface area contributed by atoms with Crippen molar-refractivity contribution in [1.82, 2.24) is 4.98 Å². The van der Waals surface area contributed by atoms with Crippen molar-refractivity contribution in [3.63, 3.8) is 0 Å². The number of halogens is 1. The summed E-state index contributed by atoms with van der Waals surface area (Å²) in [5.74, 6) is -1.81. The third-order valence-electron chi connectivity index (χ3n) is 2.91. The molecular weight excluding hydrogens is 315 g/mol. The Kier molecular flexibility index (Phi) is 4.82. The monoisotopic (exact) mass is 332 g/mol. The minimum atomic E-state index is -1.24. The average molecular weight is 332 g/mol. The van der Waals surface area contributed by atoms with Gasteiger partial charge in [-0.1, -0.05) is 6.07 Å². The third-order valence-corrected chi connectivity index (χ3v) is 2.91. The second-order valence-electron chi connectivity index (χ2n) is 5.99. The molecule has 1 heterocycles. The van der Waals surface area contributed by atoms with E-state index in [1.807, 2.05) is 0 Å². The van der Waals surface area contributed by atoms with Gasteiger partial charge in [-0.15, -0.1) is 0 Å². The highest BCUT2D eigenvalue weighted by Gasteiger charge is 2.28. The SMILES string of the molecule is CC(C)(C)OC(=O)N(c1cccc(F)c1)c1cnccc1C(=O)O. The Morgan fingerprint density at radius 2 is 1.96 bits per heavy atom. The molecule has 0 aliphatic heterocycles. The molecule has 0 bridgehead atoms. The molecule has 2 rings (SSSR count). The van der Waals surface area contributed by atoms with Crippen LogP contribution in [-0.4, -0.2) is 27.8 Å². The van der Waals surface area contributed by atoms with Gasteiger partial charge in [-0.25, -0.2) is 18.9 Å². The van der Waals surface area contributed by atoms with Gasteiger partial charge in [0.15, 0.2) is 0 Å². The molecule has 0 aliphatic carbocycles. The van der Waals surface area contributed by atoms with Crippen LogP contribution in [0.3, 0.4) is 0 Å². The van der Waals surface area contributed by atoms with Crippen molar-refractivity contribution in [3.05, 3.63) is 54.1 Å². The van der Waals surface area contributed by atoms with Crippen molar-refractivity contribution in [2.45, 2.75) is 26.4 Å². The van der Waals surface area contributed by atoms with Crippen LogP contribution in [0.5, 0.6) is 0 Å². The van der Waals surface area contributed by atoms with E-state index in [1.54, 1.807) is 20.8 Å². The molecule has 0 radical (unpaired) electrons. The lowest BCUT2D eigenvalue weighted by atomic mass is 10.2. The van der Waals surface area contributed by atoms with E-state index in [0.29, 0.717) is 0 Å². The topological polar surface area (TPSA) is 79.7 Å². The molecule has 24 heavy (non-hydrogen) atoms. The number of benzene rings is 1. The van der Waals surface area contributed by atoms with Gasteiger partial charge in [0.1, 0.15) is 11.4 Å². The van der Waals surface area contributed by atoms with Crippen LogP contribution < -0.4 is 4.90 Å². The molecule has 1 amide bonds. The molecule has 6 nitrogen and oxygen atoms in total. The number of carbonyl (C=O) groups is 2. The van der Waals surface area contributed by atoms with Gasteiger partial charge in [0, 0.05) is 6.20 Å². The Bertz CT molecular complexity index is 771. The van der Waals surface area contributed by atoms with E-state index in [1.165, 1.54) is 36.7 Å². The molecule has 0 saturated carbocycles. The zero-order chi connectivity index (χ0) is 17.9. The lowest BCUT2D eigenvalue weighted by molar-refractivity contribution is 0.0599. The first-order valence-corrected chi connectivity index (χ1v) is 7.15. The number of carboxylic acid groups (broad SMARTS) is 1. The van der Waals surface area contributed by atoms with E-state index in [2.05, 4.69) is 4.98 Å². The van der Waals surface area contributed by atoms with Crippen molar-refractivity contribution in [3.8, 4) is 0 Å². The van der Waals surface area contributed by atoms with Gasteiger partial charge < -0.3 is 9.84 Å². The normalized spacial score (nSPS) is 11.0. The number of aromatic nitrogens is 1. The van der Waals surface area contributed by atoms with Crippen LogP contribution in [0.25, 0.3) is 0 Å². The van der Waals surface area contributed by atoms with Crippen LogP contribution in [0.4, 0.5) is 20.6 Å². The maximum absolute atomic E-state index is 13.6. The highest BCUT2D eigenvalue weighted by molar-refractivity contribution is 6.03. The Morgan fingerprint density at radius 1 is 1.25 bits per heavy atom. The minimum absolute atomic E-state index is 0.00940. The maximum atomic E-state index is 13.6. The predicted molar refractivity (Wildman–Crippen MR) is 86.0 cm³/mol. The number of hydrogen-bond donors (Lipinski definition) is 1. The van der Waals surface area contributed by atoms with E-state index in [4.69, 9.17) is 4.74 Å². The standard InChI is InChI=1S/C17H17FN2O4/c1-17(2,3)24-16(23)20(12-6-4-5-11(18)9-12)14-10-19-8-7-13(14)15(21)22/h4-10H,1-3H3,(H,21,22). The number of hydrogen-bond acceptors (Lipinski definition) is 4. The molecule has 2 aromatic rings. The van der Waals surface area contributed by atoms with Gasteiger partial charge in [0.25, 0.3) is 0 Å². The van der Waals surface area contributed by atoms with E-state index < -0.39 is 23.5 Å². The molecule has 0 aliphatic rings. The van der Waals surface area contributed by atoms with Crippen LogP contribution in [0.1, 0.15) is 31.1 Å². The summed E-state index contributed by atoms with van der Waals surface area (Å²) in [6.45, 7) is 5.03. The predicted octanol–water partition coefficient (Wildman–Crippen LogP) is 3.99. The fraction of sp³-hybridized carbons (Fsp3) is 0.235. The molecule has 1 aromatic heterocycles. The largest absolute Gasteiger partial charge is 0.478 e. The van der Waals surface area contributed by atoms with Crippen molar-refractivity contribution in [2.75, 3.05) is 4.90 Å². The summed E-state index contributed by atoms with van der Waals surface area (Å²) in [5, 5.41) is 9.35. The van der Waals surface area contributed by atoms with Crippen molar-refractivity contribution < 1.29 is 23.8 Å². The summed E-state index contributed by atoms with van der Waals surface area (Å²) in [6, 6.07) is 6.49. The Hall–Kier alpha value is -2.96. The molecular formula is C17H17FN2O4. The van der Waals surface area contributed by atoms with Gasteiger partial charge >= 0.3 is 12.1 Å². The smallest absolute Gasteiger partial charge is 0.419 e. The zero-order valence-electron chi connectivity index (χ0n) is 13.5. The van der Waals surface area contributed by atoms with Gasteiger partial charge in [0.2, 0.25) is 0 Å². The number of ether oxygens (including phenoxy) is 1. The number of amides is 1. The Morgan fingerprint density at radius 3 is 2.54 bits per heavy atom. The van der Waals surface area contributed by atoms with Crippen LogP contribution in [0, 0.1) is 5.82 Å². The highest BCUT2D eigenvalue weighted by Crippen LogP contribution is 2.30. The van der Waals surface area contributed by atoms with E-state index in [-0.39, 0.29) is 16.9 Å². The van der Waals surface area contributed by atoms with Crippen LogP contribution in [0.2, 0.25) is 0 Å². The van der Waals surface area contributed by atoms with E-state index in [0.717, 1.165) is 11.0 Å². The molecule has 0 spiro atoms. The lowest BCUT2D eigenvalue weighted by Gasteiger charge is -2.28. The molecule has 0 fully saturated rings. The van der Waals surface area contributed by atoms with Crippen molar-refractivity contribution in [1.29, 1.82) is 0 Å². The number of pyridine rings is 1. The second kappa shape index (κ2) is 6.66. The van der Waals surface area contributed by atoms with Gasteiger partial charge in [-0.3, -0.25) is 4.98 Å². The second-order valence-corrected chi connectivity index (χ2v) is 5.99. The quantitative estimate of drug-likeness (QED) is 0.919. The fourth-order valence-corrected chi connectivity index (χ4v) is 2.01. The number of nitrogens with zero attached hydrogens (tertiary/aromatic N) is 2. The summed E-state index contributed by atoms with van der Waals surface area (Å²) in [6.07, 6.45) is 1.69. The summed E-state index contributed by atoms with van der Waals surface area (Å²) >= 11 is 0. The third kappa shape index (κ3) is 4.07. The first kappa shape index (κ1) is 17.4. The van der Waals surface area contributed by atoms with E-state index >= 15 is 0 Å². The average Bonchev–Trinajstić information content (AvgIpc) is 2.46. The Balaban J connectivity index is 2.60.